The van der Waals surface area contributed by atoms with E-state index in [-0.39, 0.29) is 0 Å². The van der Waals surface area contributed by atoms with Crippen LogP contribution in [0.3, 0.4) is 0 Å². The van der Waals surface area contributed by atoms with E-state index in [4.69, 9.17) is 11.6 Å². The fourth-order valence-corrected chi connectivity index (χ4v) is 2.47. The van der Waals surface area contributed by atoms with Gasteiger partial charge in [-0.15, -0.1) is 0 Å². The van der Waals surface area contributed by atoms with Gasteiger partial charge in [0.15, 0.2) is 0 Å². The highest BCUT2D eigenvalue weighted by molar-refractivity contribution is 6.30. The molecule has 0 aliphatic heterocycles. The molecule has 0 heterocycles. The normalized spacial score (nSPS) is 13.1. The Hall–Kier alpha value is -0.570. The van der Waals surface area contributed by atoms with Crippen molar-refractivity contribution in [3.8, 4) is 0 Å². The van der Waals surface area contributed by atoms with Crippen molar-refractivity contribution in [2.75, 3.05) is 26.7 Å². The first-order valence-corrected chi connectivity index (χ1v) is 8.58. The van der Waals surface area contributed by atoms with E-state index in [2.05, 4.69) is 50.2 Å². The summed E-state index contributed by atoms with van der Waals surface area (Å²) >= 11 is 5.99. The molecule has 1 aromatic carbocycles. The fraction of sp³-hybridized carbons (Fsp3) is 0.667. The van der Waals surface area contributed by atoms with Crippen molar-refractivity contribution < 1.29 is 0 Å². The fourth-order valence-electron chi connectivity index (χ4n) is 2.34. The first kappa shape index (κ1) is 18.5. The Labute approximate surface area is 135 Å². The number of halogens is 1. The summed E-state index contributed by atoms with van der Waals surface area (Å²) in [5, 5.41) is 4.46. The van der Waals surface area contributed by atoms with Gasteiger partial charge in [-0.1, -0.05) is 44.5 Å². The summed E-state index contributed by atoms with van der Waals surface area (Å²) in [7, 11) is 2.22. The molecule has 0 aromatic heterocycles. The van der Waals surface area contributed by atoms with E-state index >= 15 is 0 Å². The molecule has 0 saturated carbocycles. The molecule has 0 radical (unpaired) electrons. The Balaban J connectivity index is 2.51. The Kier molecular flexibility index (Phi) is 8.98. The average molecular weight is 311 g/mol. The number of hydrogen-bond donors (Lipinski definition) is 1. The van der Waals surface area contributed by atoms with Crippen LogP contribution >= 0.6 is 11.6 Å². The largest absolute Gasteiger partial charge is 0.310 e. The van der Waals surface area contributed by atoms with Gasteiger partial charge >= 0.3 is 0 Å². The summed E-state index contributed by atoms with van der Waals surface area (Å²) in [5.74, 6) is 0.776. The predicted molar refractivity (Wildman–Crippen MR) is 94.1 cm³/mol. The Morgan fingerprint density at radius 1 is 1.10 bits per heavy atom. The second kappa shape index (κ2) is 10.2. The highest BCUT2D eigenvalue weighted by atomic mass is 35.5. The minimum absolute atomic E-state index is 0.420. The lowest BCUT2D eigenvalue weighted by Gasteiger charge is -2.23. The second-order valence-corrected chi connectivity index (χ2v) is 6.77. The molecule has 3 heteroatoms. The zero-order valence-electron chi connectivity index (χ0n) is 14.0. The predicted octanol–water partition coefficient (Wildman–Crippen LogP) is 4.75. The Morgan fingerprint density at radius 3 is 2.29 bits per heavy atom. The molecular weight excluding hydrogens is 280 g/mol. The first-order chi connectivity index (χ1) is 10.0. The molecule has 2 nitrogen and oxygen atoms in total. The molecule has 1 rings (SSSR count). The highest BCUT2D eigenvalue weighted by Gasteiger charge is 2.12. The molecule has 0 aliphatic carbocycles. The van der Waals surface area contributed by atoms with Crippen LogP contribution in [0.15, 0.2) is 24.3 Å². The van der Waals surface area contributed by atoms with Crippen LogP contribution in [0.1, 0.15) is 51.6 Å². The van der Waals surface area contributed by atoms with Crippen LogP contribution in [-0.2, 0) is 0 Å². The van der Waals surface area contributed by atoms with Crippen LogP contribution in [0.25, 0.3) is 0 Å². The SMILES string of the molecule is CCCNC(CCN(C)CCC(C)C)c1ccc(Cl)cc1. The number of hydrogen-bond acceptors (Lipinski definition) is 2. The van der Waals surface area contributed by atoms with Gasteiger partial charge in [-0.3, -0.25) is 0 Å². The van der Waals surface area contributed by atoms with Gasteiger partial charge in [-0.2, -0.15) is 0 Å². The summed E-state index contributed by atoms with van der Waals surface area (Å²) in [4.78, 5) is 2.44. The minimum atomic E-state index is 0.420. The monoisotopic (exact) mass is 310 g/mol. The molecule has 0 saturated heterocycles. The maximum absolute atomic E-state index is 5.99. The number of nitrogens with zero attached hydrogens (tertiary/aromatic N) is 1. The van der Waals surface area contributed by atoms with E-state index in [0.717, 1.165) is 36.9 Å². The third-order valence-electron chi connectivity index (χ3n) is 3.80. The van der Waals surface area contributed by atoms with Gasteiger partial charge in [0.05, 0.1) is 0 Å². The minimum Gasteiger partial charge on any atom is -0.310 e. The van der Waals surface area contributed by atoms with Crippen LogP contribution in [0.5, 0.6) is 0 Å². The van der Waals surface area contributed by atoms with E-state index in [0.29, 0.717) is 6.04 Å². The van der Waals surface area contributed by atoms with E-state index in [9.17, 15) is 0 Å². The van der Waals surface area contributed by atoms with E-state index < -0.39 is 0 Å². The Morgan fingerprint density at radius 2 is 1.71 bits per heavy atom. The Bertz CT molecular complexity index is 375. The standard InChI is InChI=1S/C18H31ClN2/c1-5-12-20-18(16-6-8-17(19)9-7-16)11-14-21(4)13-10-15(2)3/h6-9,15,18,20H,5,10-14H2,1-4H3. The van der Waals surface area contributed by atoms with Gasteiger partial charge in [-0.05, 0) is 69.6 Å². The van der Waals surface area contributed by atoms with Gasteiger partial charge in [0, 0.05) is 11.1 Å². The van der Waals surface area contributed by atoms with Crippen molar-refractivity contribution in [2.45, 2.75) is 46.1 Å². The van der Waals surface area contributed by atoms with Crippen molar-refractivity contribution in [3.63, 3.8) is 0 Å². The van der Waals surface area contributed by atoms with Gasteiger partial charge in [0.25, 0.3) is 0 Å². The van der Waals surface area contributed by atoms with Gasteiger partial charge in [-0.25, -0.2) is 0 Å². The molecule has 0 amide bonds. The van der Waals surface area contributed by atoms with Crippen molar-refractivity contribution >= 4 is 11.6 Å². The van der Waals surface area contributed by atoms with Crippen LogP contribution in [0.4, 0.5) is 0 Å². The van der Waals surface area contributed by atoms with Crippen molar-refractivity contribution in [3.05, 3.63) is 34.9 Å². The lowest BCUT2D eigenvalue weighted by atomic mass is 10.0. The summed E-state index contributed by atoms with van der Waals surface area (Å²) in [6, 6.07) is 8.68. The molecule has 0 spiro atoms. The van der Waals surface area contributed by atoms with Crippen LogP contribution < -0.4 is 5.32 Å². The lowest BCUT2D eigenvalue weighted by Crippen LogP contribution is -2.28. The molecule has 1 atom stereocenters. The van der Waals surface area contributed by atoms with Crippen molar-refractivity contribution in [2.24, 2.45) is 5.92 Å². The highest BCUT2D eigenvalue weighted by Crippen LogP contribution is 2.20. The summed E-state index contributed by atoms with van der Waals surface area (Å²) < 4.78 is 0. The van der Waals surface area contributed by atoms with Gasteiger partial charge < -0.3 is 10.2 Å². The smallest absolute Gasteiger partial charge is 0.0406 e. The quantitative estimate of drug-likeness (QED) is 0.671. The van der Waals surface area contributed by atoms with Gasteiger partial charge in [0.2, 0.25) is 0 Å². The molecule has 0 aliphatic rings. The number of benzene rings is 1. The summed E-state index contributed by atoms with van der Waals surface area (Å²) in [6.07, 6.45) is 3.56. The van der Waals surface area contributed by atoms with E-state index in [1.54, 1.807) is 0 Å². The molecule has 120 valence electrons. The molecule has 1 unspecified atom stereocenters. The summed E-state index contributed by atoms with van der Waals surface area (Å²) in [5.41, 5.74) is 1.34. The zero-order valence-corrected chi connectivity index (χ0v) is 14.8. The summed E-state index contributed by atoms with van der Waals surface area (Å²) in [6.45, 7) is 10.1. The molecular formula is C18H31ClN2. The topological polar surface area (TPSA) is 15.3 Å². The van der Waals surface area contributed by atoms with Crippen molar-refractivity contribution in [1.82, 2.24) is 10.2 Å². The average Bonchev–Trinajstić information content (AvgIpc) is 2.46. The molecule has 0 bridgehead atoms. The first-order valence-electron chi connectivity index (χ1n) is 8.20. The number of nitrogens with one attached hydrogen (secondary N) is 1. The van der Waals surface area contributed by atoms with Gasteiger partial charge in [0.1, 0.15) is 0 Å². The lowest BCUT2D eigenvalue weighted by molar-refractivity contribution is 0.289. The number of rotatable bonds is 10. The van der Waals surface area contributed by atoms with Crippen molar-refractivity contribution in [1.29, 1.82) is 0 Å². The molecule has 21 heavy (non-hydrogen) atoms. The zero-order chi connectivity index (χ0) is 15.7. The maximum atomic E-state index is 5.99. The third kappa shape index (κ3) is 7.85. The molecule has 0 fully saturated rings. The maximum Gasteiger partial charge on any atom is 0.0406 e. The van der Waals surface area contributed by atoms with Crippen LogP contribution in [0.2, 0.25) is 5.02 Å². The molecule has 1 N–H and O–H groups in total. The molecule has 1 aromatic rings. The second-order valence-electron chi connectivity index (χ2n) is 6.33. The van der Waals surface area contributed by atoms with Crippen LogP contribution in [-0.4, -0.2) is 31.6 Å². The van der Waals surface area contributed by atoms with E-state index in [1.807, 2.05) is 12.1 Å². The van der Waals surface area contributed by atoms with Crippen LogP contribution in [0, 0.1) is 5.92 Å². The van der Waals surface area contributed by atoms with E-state index in [1.165, 1.54) is 18.5 Å². The third-order valence-corrected chi connectivity index (χ3v) is 4.05.